The van der Waals surface area contributed by atoms with Crippen LogP contribution in [0.15, 0.2) is 0 Å². The van der Waals surface area contributed by atoms with Gasteiger partial charge in [0.1, 0.15) is 6.10 Å². The van der Waals surface area contributed by atoms with Crippen molar-refractivity contribution in [3.63, 3.8) is 0 Å². The zero-order valence-corrected chi connectivity index (χ0v) is 12.5. The van der Waals surface area contributed by atoms with Gasteiger partial charge in [-0.1, -0.05) is 13.8 Å². The molecule has 1 aliphatic carbocycles. The van der Waals surface area contributed by atoms with Crippen LogP contribution < -0.4 is 5.32 Å². The first-order valence-corrected chi connectivity index (χ1v) is 7.95. The third-order valence-corrected chi connectivity index (χ3v) is 4.74. The van der Waals surface area contributed by atoms with Crippen molar-refractivity contribution in [3.8, 4) is 0 Å². The highest BCUT2D eigenvalue weighted by Crippen LogP contribution is 2.36. The van der Waals surface area contributed by atoms with Crippen molar-refractivity contribution < 1.29 is 9.53 Å². The number of rotatable bonds is 4. The Kier molecular flexibility index (Phi) is 5.26. The number of carbonyl (C=O) groups excluding carboxylic acids is 1. The molecule has 19 heavy (non-hydrogen) atoms. The first-order chi connectivity index (χ1) is 9.05. The van der Waals surface area contributed by atoms with Gasteiger partial charge in [0.15, 0.2) is 0 Å². The fourth-order valence-electron chi connectivity index (χ4n) is 3.23. The lowest BCUT2D eigenvalue weighted by Crippen LogP contribution is -2.31. The van der Waals surface area contributed by atoms with Gasteiger partial charge in [0.05, 0.1) is 0 Å². The summed E-state index contributed by atoms with van der Waals surface area (Å²) >= 11 is 0. The van der Waals surface area contributed by atoms with Gasteiger partial charge in [0.25, 0.3) is 0 Å². The van der Waals surface area contributed by atoms with Crippen LogP contribution in [-0.2, 0) is 9.53 Å². The molecule has 0 aromatic rings. The van der Waals surface area contributed by atoms with Crippen molar-refractivity contribution >= 4 is 5.97 Å². The van der Waals surface area contributed by atoms with Crippen molar-refractivity contribution in [2.45, 2.75) is 71.3 Å². The fraction of sp³-hybridized carbons (Fsp3) is 0.938. The van der Waals surface area contributed by atoms with Crippen LogP contribution in [0, 0.1) is 11.3 Å². The summed E-state index contributed by atoms with van der Waals surface area (Å²) in [7, 11) is 0. The summed E-state index contributed by atoms with van der Waals surface area (Å²) in [6.45, 7) is 6.83. The van der Waals surface area contributed by atoms with E-state index < -0.39 is 0 Å². The summed E-state index contributed by atoms with van der Waals surface area (Å²) in [6, 6.07) is 0. The fourth-order valence-corrected chi connectivity index (χ4v) is 3.23. The van der Waals surface area contributed by atoms with E-state index in [1.54, 1.807) is 0 Å². The Morgan fingerprint density at radius 3 is 2.63 bits per heavy atom. The number of hydrogen-bond donors (Lipinski definition) is 1. The minimum atomic E-state index is 0.0234. The first kappa shape index (κ1) is 14.8. The van der Waals surface area contributed by atoms with Gasteiger partial charge in [0, 0.05) is 6.42 Å². The van der Waals surface area contributed by atoms with Crippen LogP contribution in [-0.4, -0.2) is 25.2 Å². The molecule has 1 N–H and O–H groups in total. The van der Waals surface area contributed by atoms with Gasteiger partial charge in [-0.05, 0) is 69.4 Å². The van der Waals surface area contributed by atoms with E-state index in [1.165, 1.54) is 25.7 Å². The van der Waals surface area contributed by atoms with Crippen molar-refractivity contribution in [3.05, 3.63) is 0 Å². The molecule has 1 aliphatic heterocycles. The Hall–Kier alpha value is -0.570. The quantitative estimate of drug-likeness (QED) is 0.794. The molecular weight excluding hydrogens is 238 g/mol. The number of carbonyl (C=O) groups is 1. The van der Waals surface area contributed by atoms with E-state index in [1.807, 2.05) is 0 Å². The highest BCUT2D eigenvalue weighted by molar-refractivity contribution is 5.69. The summed E-state index contributed by atoms with van der Waals surface area (Å²) in [5.41, 5.74) is 0.441. The Bertz CT molecular complexity index is 285. The van der Waals surface area contributed by atoms with Crippen molar-refractivity contribution in [1.29, 1.82) is 0 Å². The highest BCUT2D eigenvalue weighted by atomic mass is 16.5. The normalized spacial score (nSPS) is 28.0. The molecule has 0 amide bonds. The van der Waals surface area contributed by atoms with Gasteiger partial charge in [-0.3, -0.25) is 4.79 Å². The monoisotopic (exact) mass is 267 g/mol. The third-order valence-electron chi connectivity index (χ3n) is 4.74. The Morgan fingerprint density at radius 1 is 1.26 bits per heavy atom. The summed E-state index contributed by atoms with van der Waals surface area (Å²) in [5.74, 6) is 0.696. The minimum absolute atomic E-state index is 0.0234. The maximum atomic E-state index is 11.9. The van der Waals surface area contributed by atoms with E-state index in [4.69, 9.17) is 4.74 Å². The molecule has 110 valence electrons. The topological polar surface area (TPSA) is 38.3 Å². The number of hydrogen-bond acceptors (Lipinski definition) is 3. The molecule has 1 saturated heterocycles. The largest absolute Gasteiger partial charge is 0.462 e. The van der Waals surface area contributed by atoms with Crippen molar-refractivity contribution in [2.75, 3.05) is 13.1 Å². The average molecular weight is 267 g/mol. The molecule has 0 radical (unpaired) electrons. The van der Waals surface area contributed by atoms with Gasteiger partial charge in [-0.15, -0.1) is 0 Å². The molecule has 3 heteroatoms. The van der Waals surface area contributed by atoms with E-state index in [-0.39, 0.29) is 12.1 Å². The zero-order chi connectivity index (χ0) is 13.7. The molecule has 2 fully saturated rings. The van der Waals surface area contributed by atoms with Gasteiger partial charge < -0.3 is 10.1 Å². The van der Waals surface area contributed by atoms with E-state index in [2.05, 4.69) is 19.2 Å². The molecule has 1 heterocycles. The zero-order valence-electron chi connectivity index (χ0n) is 12.5. The van der Waals surface area contributed by atoms with Gasteiger partial charge in [-0.2, -0.15) is 0 Å². The standard InChI is InChI=1S/C16H29NO2/c1-16(2)9-7-14(8-10-16)19-15(18)6-5-13-4-3-11-17-12-13/h13-14,17H,3-12H2,1-2H3. The Balaban J connectivity index is 1.61. The number of nitrogens with one attached hydrogen (secondary N) is 1. The lowest BCUT2D eigenvalue weighted by atomic mass is 9.76. The SMILES string of the molecule is CC1(C)CCC(OC(=O)CCC2CCCNC2)CC1. The van der Waals surface area contributed by atoms with Gasteiger partial charge >= 0.3 is 5.97 Å². The molecule has 1 atom stereocenters. The van der Waals surface area contributed by atoms with E-state index in [0.29, 0.717) is 17.8 Å². The molecule has 0 aromatic carbocycles. The van der Waals surface area contributed by atoms with E-state index in [0.717, 1.165) is 32.4 Å². The first-order valence-electron chi connectivity index (χ1n) is 7.95. The maximum Gasteiger partial charge on any atom is 0.306 e. The van der Waals surface area contributed by atoms with Crippen LogP contribution in [0.2, 0.25) is 0 Å². The summed E-state index contributed by atoms with van der Waals surface area (Å²) < 4.78 is 5.62. The number of ether oxygens (including phenoxy) is 1. The lowest BCUT2D eigenvalue weighted by Gasteiger charge is -2.34. The van der Waals surface area contributed by atoms with Crippen LogP contribution in [0.1, 0.15) is 65.2 Å². The summed E-state index contributed by atoms with van der Waals surface area (Å²) in [6.07, 6.45) is 8.73. The molecule has 0 aromatic heterocycles. The van der Waals surface area contributed by atoms with E-state index in [9.17, 15) is 4.79 Å². The molecule has 0 spiro atoms. The van der Waals surface area contributed by atoms with Gasteiger partial charge in [-0.25, -0.2) is 0 Å². The summed E-state index contributed by atoms with van der Waals surface area (Å²) in [4.78, 5) is 11.9. The second-order valence-electron chi connectivity index (χ2n) is 7.10. The van der Waals surface area contributed by atoms with Crippen LogP contribution >= 0.6 is 0 Å². The van der Waals surface area contributed by atoms with E-state index >= 15 is 0 Å². The maximum absolute atomic E-state index is 11.9. The van der Waals surface area contributed by atoms with Crippen molar-refractivity contribution in [2.24, 2.45) is 11.3 Å². The number of esters is 1. The van der Waals surface area contributed by atoms with Gasteiger partial charge in [0.2, 0.25) is 0 Å². The third kappa shape index (κ3) is 5.13. The Labute approximate surface area is 117 Å². The molecule has 1 saturated carbocycles. The van der Waals surface area contributed by atoms with Crippen LogP contribution in [0.3, 0.4) is 0 Å². The second kappa shape index (κ2) is 6.74. The second-order valence-corrected chi connectivity index (χ2v) is 7.10. The van der Waals surface area contributed by atoms with Crippen LogP contribution in [0.4, 0.5) is 0 Å². The lowest BCUT2D eigenvalue weighted by molar-refractivity contribution is -0.152. The average Bonchev–Trinajstić information content (AvgIpc) is 2.40. The number of piperidine rings is 1. The molecule has 0 bridgehead atoms. The van der Waals surface area contributed by atoms with Crippen LogP contribution in [0.5, 0.6) is 0 Å². The molecule has 2 rings (SSSR count). The molecular formula is C16H29NO2. The molecule has 3 nitrogen and oxygen atoms in total. The smallest absolute Gasteiger partial charge is 0.306 e. The minimum Gasteiger partial charge on any atom is -0.462 e. The van der Waals surface area contributed by atoms with Crippen molar-refractivity contribution in [1.82, 2.24) is 5.32 Å². The van der Waals surface area contributed by atoms with Crippen LogP contribution in [0.25, 0.3) is 0 Å². The summed E-state index contributed by atoms with van der Waals surface area (Å²) in [5, 5.41) is 3.40. The highest BCUT2D eigenvalue weighted by Gasteiger charge is 2.28. The molecule has 2 aliphatic rings. The predicted molar refractivity (Wildman–Crippen MR) is 77.0 cm³/mol. The predicted octanol–water partition coefficient (Wildman–Crippen LogP) is 3.28. The molecule has 1 unspecified atom stereocenters. The Morgan fingerprint density at radius 2 is 2.00 bits per heavy atom.